The van der Waals surface area contributed by atoms with Gasteiger partial charge in [-0.1, -0.05) is 0 Å². The number of nitrogens with zero attached hydrogens (tertiary/aromatic N) is 1. The SMILES string of the molecule is CC(F)[N+](C)(C)CBr. The lowest BCUT2D eigenvalue weighted by molar-refractivity contribution is -0.914. The number of halogens is 2. The molecule has 0 radical (unpaired) electrons. The van der Waals surface area contributed by atoms with E-state index in [9.17, 15) is 4.39 Å². The van der Waals surface area contributed by atoms with Gasteiger partial charge in [0.05, 0.1) is 14.1 Å². The van der Waals surface area contributed by atoms with Crippen LogP contribution in [0.4, 0.5) is 4.39 Å². The molecule has 0 spiro atoms. The fourth-order valence-corrected chi connectivity index (χ4v) is 0.494. The molecule has 0 N–H and O–H groups in total. The predicted molar refractivity (Wildman–Crippen MR) is 36.5 cm³/mol. The first kappa shape index (κ1) is 8.37. The minimum atomic E-state index is -0.797. The lowest BCUT2D eigenvalue weighted by Crippen LogP contribution is -2.43. The maximum Gasteiger partial charge on any atom is 0.229 e. The quantitative estimate of drug-likeness (QED) is 0.349. The van der Waals surface area contributed by atoms with Gasteiger partial charge in [0.1, 0.15) is 5.45 Å². The summed E-state index contributed by atoms with van der Waals surface area (Å²) in [6.07, 6.45) is -0.797. The van der Waals surface area contributed by atoms with Crippen molar-refractivity contribution in [1.82, 2.24) is 0 Å². The highest BCUT2D eigenvalue weighted by Crippen LogP contribution is 2.08. The maximum atomic E-state index is 12.4. The standard InChI is InChI=1S/C5H12BrFN/c1-5(7)8(2,3)4-6/h5H,4H2,1-3H3/q+1. The molecule has 1 nitrogen and oxygen atoms in total. The third kappa shape index (κ3) is 2.09. The van der Waals surface area contributed by atoms with E-state index in [1.807, 2.05) is 14.1 Å². The van der Waals surface area contributed by atoms with Crippen molar-refractivity contribution in [2.45, 2.75) is 13.2 Å². The molecule has 0 aromatic carbocycles. The van der Waals surface area contributed by atoms with E-state index in [-0.39, 0.29) is 0 Å². The van der Waals surface area contributed by atoms with Gasteiger partial charge in [-0.25, -0.2) is 0 Å². The topological polar surface area (TPSA) is 0 Å². The molecule has 0 saturated heterocycles. The van der Waals surface area contributed by atoms with Gasteiger partial charge in [0.2, 0.25) is 6.30 Å². The van der Waals surface area contributed by atoms with Crippen molar-refractivity contribution < 1.29 is 8.87 Å². The van der Waals surface area contributed by atoms with Gasteiger partial charge in [0.15, 0.2) is 0 Å². The van der Waals surface area contributed by atoms with Gasteiger partial charge in [-0.05, 0) is 15.9 Å². The van der Waals surface area contributed by atoms with Crippen molar-refractivity contribution in [1.29, 1.82) is 0 Å². The van der Waals surface area contributed by atoms with Crippen molar-refractivity contribution in [3.05, 3.63) is 0 Å². The zero-order chi connectivity index (χ0) is 6.78. The summed E-state index contributed by atoms with van der Waals surface area (Å²) >= 11 is 3.20. The van der Waals surface area contributed by atoms with E-state index in [1.54, 1.807) is 6.92 Å². The lowest BCUT2D eigenvalue weighted by atomic mass is 10.5. The highest BCUT2D eigenvalue weighted by atomic mass is 79.9. The van der Waals surface area contributed by atoms with Crippen LogP contribution in [0.15, 0.2) is 0 Å². The van der Waals surface area contributed by atoms with Crippen LogP contribution in [-0.2, 0) is 0 Å². The second-order valence-electron chi connectivity index (χ2n) is 2.47. The van der Waals surface area contributed by atoms with Crippen LogP contribution in [0.3, 0.4) is 0 Å². The van der Waals surface area contributed by atoms with E-state index in [0.29, 0.717) is 9.94 Å². The largest absolute Gasteiger partial charge is 0.291 e. The molecule has 1 atom stereocenters. The summed E-state index contributed by atoms with van der Waals surface area (Å²) in [6.45, 7) is 1.56. The number of quaternary nitrogens is 1. The fraction of sp³-hybridized carbons (Fsp3) is 1.00. The molecular weight excluding hydrogens is 173 g/mol. The Labute approximate surface area is 58.2 Å². The number of hydrogen-bond acceptors (Lipinski definition) is 0. The van der Waals surface area contributed by atoms with Crippen LogP contribution in [0.25, 0.3) is 0 Å². The third-order valence-corrected chi connectivity index (χ3v) is 2.56. The van der Waals surface area contributed by atoms with Crippen molar-refractivity contribution in [3.63, 3.8) is 0 Å². The van der Waals surface area contributed by atoms with Crippen LogP contribution in [0.1, 0.15) is 6.92 Å². The summed E-state index contributed by atoms with van der Waals surface area (Å²) in [6, 6.07) is 0. The minimum absolute atomic E-state index is 0.375. The summed E-state index contributed by atoms with van der Waals surface area (Å²) in [4.78, 5) is 0. The Morgan fingerprint density at radius 1 is 1.62 bits per heavy atom. The second-order valence-corrected chi connectivity index (χ2v) is 2.97. The number of hydrogen-bond donors (Lipinski definition) is 0. The molecule has 8 heavy (non-hydrogen) atoms. The lowest BCUT2D eigenvalue weighted by Gasteiger charge is -2.28. The molecule has 0 bridgehead atoms. The molecule has 1 unspecified atom stereocenters. The molecule has 3 heteroatoms. The maximum absolute atomic E-state index is 12.4. The monoisotopic (exact) mass is 184 g/mol. The Balaban J connectivity index is 3.71. The van der Waals surface area contributed by atoms with Gasteiger partial charge in [-0.2, -0.15) is 4.39 Å². The summed E-state index contributed by atoms with van der Waals surface area (Å²) < 4.78 is 12.8. The average Bonchev–Trinajstić information content (AvgIpc) is 1.67. The Morgan fingerprint density at radius 3 is 2.00 bits per heavy atom. The van der Waals surface area contributed by atoms with Gasteiger partial charge < -0.3 is 0 Å². The molecule has 0 heterocycles. The van der Waals surface area contributed by atoms with Crippen LogP contribution in [0.2, 0.25) is 0 Å². The Bertz CT molecular complexity index is 72.8. The predicted octanol–water partition coefficient (Wildman–Crippen LogP) is 1.73. The van der Waals surface area contributed by atoms with Gasteiger partial charge in [-0.3, -0.25) is 4.48 Å². The van der Waals surface area contributed by atoms with Gasteiger partial charge >= 0.3 is 0 Å². The number of alkyl halides is 2. The van der Waals surface area contributed by atoms with E-state index in [1.165, 1.54) is 0 Å². The zero-order valence-electron chi connectivity index (χ0n) is 5.49. The van der Waals surface area contributed by atoms with E-state index in [0.717, 1.165) is 0 Å². The van der Waals surface area contributed by atoms with Crippen LogP contribution >= 0.6 is 15.9 Å². The van der Waals surface area contributed by atoms with Crippen LogP contribution in [0.5, 0.6) is 0 Å². The van der Waals surface area contributed by atoms with Crippen molar-refractivity contribution in [3.8, 4) is 0 Å². The van der Waals surface area contributed by atoms with E-state index in [4.69, 9.17) is 0 Å². The first-order valence-electron chi connectivity index (χ1n) is 2.53. The Hall–Kier alpha value is 0.370. The van der Waals surface area contributed by atoms with Gasteiger partial charge in [0, 0.05) is 6.92 Å². The van der Waals surface area contributed by atoms with E-state index < -0.39 is 6.30 Å². The van der Waals surface area contributed by atoms with Crippen molar-refractivity contribution >= 4 is 15.9 Å². The third-order valence-electron chi connectivity index (χ3n) is 1.27. The second kappa shape index (κ2) is 2.78. The summed E-state index contributed by atoms with van der Waals surface area (Å²) in [7, 11) is 3.67. The fourth-order valence-electron chi connectivity index (χ4n) is 0.0951. The minimum Gasteiger partial charge on any atom is -0.291 e. The van der Waals surface area contributed by atoms with Crippen LogP contribution in [-0.4, -0.2) is 30.3 Å². The zero-order valence-corrected chi connectivity index (χ0v) is 7.07. The molecule has 0 rings (SSSR count). The molecule has 0 aliphatic rings. The molecule has 0 saturated carbocycles. The Kier molecular flexibility index (Phi) is 2.91. The Morgan fingerprint density at radius 2 is 2.00 bits per heavy atom. The molecule has 0 aliphatic carbocycles. The van der Waals surface area contributed by atoms with Gasteiger partial charge in [-0.15, -0.1) is 0 Å². The molecule has 0 amide bonds. The highest BCUT2D eigenvalue weighted by molar-refractivity contribution is 9.09. The number of rotatable bonds is 2. The summed E-state index contributed by atoms with van der Waals surface area (Å²) in [5.74, 6) is 0. The molecule has 0 fully saturated rings. The summed E-state index contributed by atoms with van der Waals surface area (Å²) in [5.41, 5.74) is 0.657. The molecule has 50 valence electrons. The van der Waals surface area contributed by atoms with Crippen molar-refractivity contribution in [2.24, 2.45) is 0 Å². The average molecular weight is 185 g/mol. The summed E-state index contributed by atoms with van der Waals surface area (Å²) in [5, 5.41) is 0. The molecular formula is C5H12BrFN+. The van der Waals surface area contributed by atoms with Crippen LogP contribution in [0, 0.1) is 0 Å². The van der Waals surface area contributed by atoms with E-state index in [2.05, 4.69) is 15.9 Å². The molecule has 0 aromatic heterocycles. The van der Waals surface area contributed by atoms with Gasteiger partial charge in [0.25, 0.3) is 0 Å². The van der Waals surface area contributed by atoms with Crippen LogP contribution < -0.4 is 0 Å². The first-order chi connectivity index (χ1) is 3.50. The normalized spacial score (nSPS) is 16.1. The highest BCUT2D eigenvalue weighted by Gasteiger charge is 2.20. The smallest absolute Gasteiger partial charge is 0.229 e. The molecule has 0 aromatic rings. The van der Waals surface area contributed by atoms with Crippen molar-refractivity contribution in [2.75, 3.05) is 19.5 Å². The molecule has 0 aliphatic heterocycles. The van der Waals surface area contributed by atoms with E-state index >= 15 is 0 Å². The first-order valence-corrected chi connectivity index (χ1v) is 3.65.